The third-order valence-electron chi connectivity index (χ3n) is 3.63. The highest BCUT2D eigenvalue weighted by molar-refractivity contribution is 8.76. The second kappa shape index (κ2) is 13.3. The first-order chi connectivity index (χ1) is 13.6. The Labute approximate surface area is 182 Å². The molecule has 0 fully saturated rings. The van der Waals surface area contributed by atoms with E-state index in [9.17, 15) is 9.59 Å². The molecule has 0 amide bonds. The van der Waals surface area contributed by atoms with Crippen LogP contribution >= 0.6 is 45.1 Å². The zero-order valence-electron chi connectivity index (χ0n) is 15.4. The minimum absolute atomic E-state index is 0.0178. The van der Waals surface area contributed by atoms with Crippen LogP contribution in [0.4, 0.5) is 0 Å². The van der Waals surface area contributed by atoms with Crippen LogP contribution in [0.3, 0.4) is 0 Å². The Bertz CT molecular complexity index is 668. The number of hydrogen-bond acceptors (Lipinski definition) is 8. The lowest BCUT2D eigenvalue weighted by Crippen LogP contribution is -2.32. The van der Waals surface area contributed by atoms with Gasteiger partial charge in [-0.2, -0.15) is 0 Å². The molecule has 2 rings (SSSR count). The zero-order chi connectivity index (χ0) is 20.2. The third kappa shape index (κ3) is 9.07. The highest BCUT2D eigenvalue weighted by Crippen LogP contribution is 2.25. The minimum atomic E-state index is -0.523. The molecule has 0 radical (unpaired) electrons. The summed E-state index contributed by atoms with van der Waals surface area (Å²) in [6.45, 7) is 0. The zero-order valence-corrected chi connectivity index (χ0v) is 18.6. The largest absolute Gasteiger partial charge is 0.320 e. The van der Waals surface area contributed by atoms with Gasteiger partial charge in [0.25, 0.3) is 0 Å². The molecule has 0 aliphatic carbocycles. The second-order valence-electron chi connectivity index (χ2n) is 5.97. The van der Waals surface area contributed by atoms with Gasteiger partial charge in [0.1, 0.15) is 0 Å². The summed E-state index contributed by atoms with van der Waals surface area (Å²) in [7, 11) is 2.98. The van der Waals surface area contributed by atoms with Crippen LogP contribution in [0.5, 0.6) is 0 Å². The smallest absolute Gasteiger partial charge is 0.206 e. The Morgan fingerprint density at radius 1 is 0.679 bits per heavy atom. The number of thioether (sulfide) groups is 2. The maximum absolute atomic E-state index is 12.1. The van der Waals surface area contributed by atoms with E-state index in [0.717, 1.165) is 11.1 Å². The van der Waals surface area contributed by atoms with Crippen molar-refractivity contribution in [2.24, 2.45) is 11.5 Å². The SMILES string of the molecule is NC(CSSCC(N)C(=O)SCc1ccccc1)C(=O)SCc1ccccc1. The number of carbonyl (C=O) groups excluding carboxylic acids is 2. The van der Waals surface area contributed by atoms with E-state index in [2.05, 4.69) is 0 Å². The van der Waals surface area contributed by atoms with Gasteiger partial charge in [-0.05, 0) is 11.1 Å². The van der Waals surface area contributed by atoms with E-state index in [0.29, 0.717) is 23.0 Å². The summed E-state index contributed by atoms with van der Waals surface area (Å²) in [4.78, 5) is 24.2. The van der Waals surface area contributed by atoms with Gasteiger partial charge in [0.2, 0.25) is 10.2 Å². The molecule has 0 saturated carbocycles. The molecule has 4 nitrogen and oxygen atoms in total. The molecule has 0 heterocycles. The van der Waals surface area contributed by atoms with Crippen molar-refractivity contribution in [2.75, 3.05) is 11.5 Å². The van der Waals surface area contributed by atoms with Crippen LogP contribution in [-0.4, -0.2) is 33.8 Å². The van der Waals surface area contributed by atoms with Crippen molar-refractivity contribution < 1.29 is 9.59 Å². The van der Waals surface area contributed by atoms with Crippen molar-refractivity contribution in [3.8, 4) is 0 Å². The quantitative estimate of drug-likeness (QED) is 0.392. The highest BCUT2D eigenvalue weighted by atomic mass is 33.1. The molecule has 150 valence electrons. The Balaban J connectivity index is 1.57. The van der Waals surface area contributed by atoms with Gasteiger partial charge in [0, 0.05) is 23.0 Å². The van der Waals surface area contributed by atoms with Crippen molar-refractivity contribution in [1.82, 2.24) is 0 Å². The Morgan fingerprint density at radius 3 is 1.39 bits per heavy atom. The van der Waals surface area contributed by atoms with Crippen LogP contribution in [0.2, 0.25) is 0 Å². The summed E-state index contributed by atoms with van der Waals surface area (Å²) < 4.78 is 0. The van der Waals surface area contributed by atoms with Crippen LogP contribution in [0.15, 0.2) is 60.7 Å². The van der Waals surface area contributed by atoms with Crippen molar-refractivity contribution >= 4 is 55.3 Å². The average molecular weight is 453 g/mol. The summed E-state index contributed by atoms with van der Waals surface area (Å²) in [6, 6.07) is 18.6. The van der Waals surface area contributed by atoms with Crippen molar-refractivity contribution in [1.29, 1.82) is 0 Å². The van der Waals surface area contributed by atoms with Gasteiger partial charge >= 0.3 is 0 Å². The number of nitrogens with two attached hydrogens (primary N) is 2. The van der Waals surface area contributed by atoms with E-state index in [1.165, 1.54) is 45.1 Å². The molecular weight excluding hydrogens is 429 g/mol. The van der Waals surface area contributed by atoms with Crippen LogP contribution in [0.25, 0.3) is 0 Å². The summed E-state index contributed by atoms with van der Waals surface area (Å²) in [5.74, 6) is 2.26. The normalized spacial score (nSPS) is 13.1. The lowest BCUT2D eigenvalue weighted by atomic mass is 10.2. The number of rotatable bonds is 11. The summed E-state index contributed by atoms with van der Waals surface area (Å²) in [6.07, 6.45) is 0. The maximum Gasteiger partial charge on any atom is 0.206 e. The third-order valence-corrected chi connectivity index (χ3v) is 8.24. The molecule has 0 saturated heterocycles. The van der Waals surface area contributed by atoms with Gasteiger partial charge in [0.05, 0.1) is 12.1 Å². The lowest BCUT2D eigenvalue weighted by molar-refractivity contribution is -0.112. The van der Waals surface area contributed by atoms with Gasteiger partial charge < -0.3 is 11.5 Å². The monoisotopic (exact) mass is 452 g/mol. The Morgan fingerprint density at radius 2 is 1.04 bits per heavy atom. The van der Waals surface area contributed by atoms with Crippen LogP contribution in [-0.2, 0) is 21.1 Å². The fourth-order valence-electron chi connectivity index (χ4n) is 2.05. The maximum atomic E-state index is 12.1. The predicted octanol–water partition coefficient (Wildman–Crippen LogP) is 3.94. The molecule has 28 heavy (non-hydrogen) atoms. The van der Waals surface area contributed by atoms with E-state index in [1.54, 1.807) is 0 Å². The molecule has 8 heteroatoms. The number of hydrogen-bond donors (Lipinski definition) is 2. The molecule has 0 aromatic heterocycles. The molecule has 0 spiro atoms. The lowest BCUT2D eigenvalue weighted by Gasteiger charge is -2.12. The molecular formula is C20H24N2O2S4. The molecule has 2 unspecified atom stereocenters. The van der Waals surface area contributed by atoms with Gasteiger partial charge in [0.15, 0.2) is 0 Å². The van der Waals surface area contributed by atoms with E-state index in [4.69, 9.17) is 11.5 Å². The average Bonchev–Trinajstić information content (AvgIpc) is 2.74. The van der Waals surface area contributed by atoms with Gasteiger partial charge in [-0.3, -0.25) is 9.59 Å². The van der Waals surface area contributed by atoms with E-state index in [-0.39, 0.29) is 10.2 Å². The molecule has 2 aromatic rings. The summed E-state index contributed by atoms with van der Waals surface area (Å²) >= 11 is 2.49. The molecule has 0 aliphatic heterocycles. The van der Waals surface area contributed by atoms with E-state index in [1.807, 2.05) is 60.7 Å². The Hall–Kier alpha value is -0.900. The van der Waals surface area contributed by atoms with Crippen molar-refractivity contribution in [3.05, 3.63) is 71.8 Å². The molecule has 0 aliphatic rings. The van der Waals surface area contributed by atoms with E-state index < -0.39 is 12.1 Å². The predicted molar refractivity (Wildman–Crippen MR) is 126 cm³/mol. The van der Waals surface area contributed by atoms with Crippen LogP contribution < -0.4 is 11.5 Å². The van der Waals surface area contributed by atoms with Crippen molar-refractivity contribution in [3.63, 3.8) is 0 Å². The first-order valence-corrected chi connectivity index (χ1v) is 13.2. The first kappa shape index (κ1) is 23.4. The van der Waals surface area contributed by atoms with Gasteiger partial charge in [-0.25, -0.2) is 0 Å². The molecule has 0 bridgehead atoms. The number of benzene rings is 2. The molecule has 2 aromatic carbocycles. The van der Waals surface area contributed by atoms with Crippen LogP contribution in [0.1, 0.15) is 11.1 Å². The summed E-state index contributed by atoms with van der Waals surface area (Å²) in [5.41, 5.74) is 14.1. The second-order valence-corrected chi connectivity index (χ2v) is 10.5. The highest BCUT2D eigenvalue weighted by Gasteiger charge is 2.17. The van der Waals surface area contributed by atoms with E-state index >= 15 is 0 Å². The standard InChI is InChI=1S/C20H24N2O2S4/c21-17(19(23)25-11-15-7-3-1-4-8-15)13-27-28-14-18(22)20(24)26-12-16-9-5-2-6-10-16/h1-10,17-18H,11-14,21-22H2. The number of carbonyl (C=O) groups is 2. The minimum Gasteiger partial charge on any atom is -0.320 e. The van der Waals surface area contributed by atoms with Crippen molar-refractivity contribution in [2.45, 2.75) is 23.6 Å². The fraction of sp³-hybridized carbons (Fsp3) is 0.300. The topological polar surface area (TPSA) is 86.2 Å². The molecule has 4 N–H and O–H groups in total. The van der Waals surface area contributed by atoms with Gasteiger partial charge in [-0.1, -0.05) is 106 Å². The molecule has 2 atom stereocenters. The fourth-order valence-corrected chi connectivity index (χ4v) is 6.10. The van der Waals surface area contributed by atoms with Crippen LogP contribution in [0, 0.1) is 0 Å². The van der Waals surface area contributed by atoms with Gasteiger partial charge in [-0.15, -0.1) is 0 Å². The summed E-state index contributed by atoms with van der Waals surface area (Å²) in [5, 5.41) is -0.0357. The first-order valence-electron chi connectivity index (χ1n) is 8.73. The Kier molecular flexibility index (Phi) is 11.1.